The number of nitrogens with zero attached hydrogens (tertiary/aromatic N) is 1. The smallest absolute Gasteiger partial charge is 0.305 e. The molecule has 0 aliphatic carbocycles. The molecule has 2 aromatic rings. The van der Waals surface area contributed by atoms with Crippen molar-refractivity contribution in [3.8, 4) is 5.75 Å². The number of epoxide rings is 1. The number of quaternary nitrogens is 1. The number of benzene rings is 2. The summed E-state index contributed by atoms with van der Waals surface area (Å²) in [5.41, 5.74) is 2.17. The maximum absolute atomic E-state index is 11.2. The molecule has 0 radical (unpaired) electrons. The minimum Gasteiger partial charge on any atom is -0.489 e. The van der Waals surface area contributed by atoms with Gasteiger partial charge in [-0.1, -0.05) is 48.5 Å². The van der Waals surface area contributed by atoms with Gasteiger partial charge in [0.2, 0.25) is 0 Å². The van der Waals surface area contributed by atoms with Crippen LogP contribution < -0.4 is 15.4 Å². The van der Waals surface area contributed by atoms with Gasteiger partial charge < -0.3 is 19.1 Å². The molecule has 2 unspecified atom stereocenters. The Labute approximate surface area is 178 Å². The van der Waals surface area contributed by atoms with Crippen LogP contribution in [0.25, 0.3) is 0 Å². The molecule has 0 bridgehead atoms. The molecule has 7 nitrogen and oxygen atoms in total. The normalized spacial score (nSPS) is 19.3. The fourth-order valence-electron chi connectivity index (χ4n) is 3.41. The van der Waals surface area contributed by atoms with Crippen LogP contribution in [0.3, 0.4) is 0 Å². The number of aliphatic carboxylic acids is 1. The van der Waals surface area contributed by atoms with E-state index in [1.807, 2.05) is 75.7 Å². The number of carboxylic acids is 1. The van der Waals surface area contributed by atoms with Crippen LogP contribution in [-0.2, 0) is 22.7 Å². The van der Waals surface area contributed by atoms with Gasteiger partial charge in [0, 0.05) is 12.1 Å². The Morgan fingerprint density at radius 2 is 1.80 bits per heavy atom. The molecule has 0 saturated carbocycles. The van der Waals surface area contributed by atoms with Crippen LogP contribution in [0.15, 0.2) is 54.6 Å². The van der Waals surface area contributed by atoms with Crippen LogP contribution in [0.4, 0.5) is 0 Å². The average molecular weight is 415 g/mol. The van der Waals surface area contributed by atoms with Gasteiger partial charge in [0.25, 0.3) is 0 Å². The minimum atomic E-state index is -0.810. The van der Waals surface area contributed by atoms with Crippen molar-refractivity contribution in [2.75, 3.05) is 27.7 Å². The lowest BCUT2D eigenvalue weighted by Crippen LogP contribution is -2.49. The van der Waals surface area contributed by atoms with Crippen molar-refractivity contribution < 1.29 is 23.9 Å². The molecule has 1 saturated heterocycles. The van der Waals surface area contributed by atoms with Gasteiger partial charge in [0.05, 0.1) is 40.2 Å². The van der Waals surface area contributed by atoms with E-state index in [9.17, 15) is 9.90 Å². The summed E-state index contributed by atoms with van der Waals surface area (Å²) in [6, 6.07) is 17.9. The third-order valence-electron chi connectivity index (χ3n) is 4.78. The molecular weight excluding hydrogens is 382 g/mol. The number of hydrogen-bond donors (Lipinski definition) is 3. The minimum absolute atomic E-state index is 0.0677. The Balaban J connectivity index is 1.49. The van der Waals surface area contributed by atoms with Crippen LogP contribution in [0.2, 0.25) is 0 Å². The zero-order chi connectivity index (χ0) is 21.6. The standard InChI is InChI=1S/C23H31N3O4/c1-26(2,3)15-19(13-21(27)28)25-23-22(30-23)24-14-18-11-7-8-12-20(18)29-16-17-9-5-4-6-10-17/h4-12,19,22-25H,13-16H2,1-3H3/p+1/t19-,22?,23?/m1/s1. The quantitative estimate of drug-likeness (QED) is 0.365. The molecule has 3 rings (SSSR count). The number of hydrogen-bond acceptors (Lipinski definition) is 5. The fraction of sp³-hybridized carbons (Fsp3) is 0.435. The van der Waals surface area contributed by atoms with Crippen molar-refractivity contribution in [3.63, 3.8) is 0 Å². The second kappa shape index (κ2) is 10.0. The molecule has 30 heavy (non-hydrogen) atoms. The Morgan fingerprint density at radius 1 is 1.10 bits per heavy atom. The first-order valence-corrected chi connectivity index (χ1v) is 10.2. The first-order chi connectivity index (χ1) is 14.3. The van der Waals surface area contributed by atoms with Crippen molar-refractivity contribution in [2.24, 2.45) is 0 Å². The fourth-order valence-corrected chi connectivity index (χ4v) is 3.41. The zero-order valence-corrected chi connectivity index (χ0v) is 17.9. The number of para-hydroxylation sites is 1. The van der Waals surface area contributed by atoms with Crippen molar-refractivity contribution in [1.29, 1.82) is 0 Å². The summed E-state index contributed by atoms with van der Waals surface area (Å²) in [4.78, 5) is 11.2. The summed E-state index contributed by atoms with van der Waals surface area (Å²) in [6.07, 6.45) is -0.257. The highest BCUT2D eigenvalue weighted by Gasteiger charge is 2.41. The van der Waals surface area contributed by atoms with Gasteiger partial charge in [-0.2, -0.15) is 0 Å². The predicted molar refractivity (Wildman–Crippen MR) is 115 cm³/mol. The third kappa shape index (κ3) is 7.42. The maximum atomic E-state index is 11.2. The molecule has 1 aliphatic rings. The van der Waals surface area contributed by atoms with Crippen molar-refractivity contribution in [2.45, 2.75) is 38.1 Å². The molecule has 0 aromatic heterocycles. The van der Waals surface area contributed by atoms with Crippen LogP contribution in [0.1, 0.15) is 17.5 Å². The lowest BCUT2D eigenvalue weighted by molar-refractivity contribution is -0.871. The Bertz CT molecular complexity index is 823. The molecule has 3 atom stereocenters. The van der Waals surface area contributed by atoms with E-state index in [0.29, 0.717) is 24.2 Å². The molecule has 1 aliphatic heterocycles. The van der Waals surface area contributed by atoms with E-state index in [4.69, 9.17) is 9.47 Å². The summed E-state index contributed by atoms with van der Waals surface area (Å²) in [5.74, 6) is 0.0309. The highest BCUT2D eigenvalue weighted by atomic mass is 16.6. The highest BCUT2D eigenvalue weighted by Crippen LogP contribution is 2.23. The molecular formula is C23H32N3O4+. The molecule has 1 heterocycles. The van der Waals surface area contributed by atoms with Crippen molar-refractivity contribution in [1.82, 2.24) is 10.6 Å². The molecule has 2 aromatic carbocycles. The average Bonchev–Trinajstić information content (AvgIpc) is 3.42. The van der Waals surface area contributed by atoms with Gasteiger partial charge in [-0.05, 0) is 11.6 Å². The molecule has 1 fully saturated rings. The summed E-state index contributed by atoms with van der Waals surface area (Å²) in [5, 5.41) is 15.9. The van der Waals surface area contributed by atoms with Crippen molar-refractivity contribution in [3.05, 3.63) is 65.7 Å². The summed E-state index contributed by atoms with van der Waals surface area (Å²) < 4.78 is 12.4. The predicted octanol–water partition coefficient (Wildman–Crippen LogP) is 2.18. The second-order valence-electron chi connectivity index (χ2n) is 8.67. The molecule has 162 valence electrons. The zero-order valence-electron chi connectivity index (χ0n) is 17.9. The first kappa shape index (κ1) is 22.2. The van der Waals surface area contributed by atoms with Gasteiger partial charge in [0.15, 0.2) is 12.5 Å². The molecule has 0 spiro atoms. The molecule has 3 N–H and O–H groups in total. The van der Waals surface area contributed by atoms with E-state index in [2.05, 4.69) is 10.6 Å². The number of nitrogens with one attached hydrogen (secondary N) is 2. The van der Waals surface area contributed by atoms with E-state index in [0.717, 1.165) is 16.9 Å². The van der Waals surface area contributed by atoms with Crippen LogP contribution >= 0.6 is 0 Å². The number of carbonyl (C=O) groups is 1. The van der Waals surface area contributed by atoms with E-state index in [-0.39, 0.29) is 24.9 Å². The van der Waals surface area contributed by atoms with Crippen LogP contribution in [-0.4, -0.2) is 61.7 Å². The number of ether oxygens (including phenoxy) is 2. The lowest BCUT2D eigenvalue weighted by Gasteiger charge is -2.28. The number of likely N-dealkylation sites (N-methyl/N-ethyl adjacent to an activating group) is 1. The van der Waals surface area contributed by atoms with E-state index in [1.54, 1.807) is 0 Å². The SMILES string of the molecule is C[N+](C)(C)C[C@@H](CC(=O)O)NC1OC1NCc1ccccc1OCc1ccccc1. The number of carboxylic acid groups (broad SMARTS) is 1. The van der Waals surface area contributed by atoms with Gasteiger partial charge in [-0.3, -0.25) is 15.4 Å². The summed E-state index contributed by atoms with van der Waals surface area (Å²) >= 11 is 0. The summed E-state index contributed by atoms with van der Waals surface area (Å²) in [6.45, 7) is 1.83. The van der Waals surface area contributed by atoms with Gasteiger partial charge in [0.1, 0.15) is 12.4 Å². The second-order valence-corrected chi connectivity index (χ2v) is 8.67. The number of rotatable bonds is 12. The van der Waals surface area contributed by atoms with E-state index < -0.39 is 5.97 Å². The third-order valence-corrected chi connectivity index (χ3v) is 4.78. The first-order valence-electron chi connectivity index (χ1n) is 10.2. The van der Waals surface area contributed by atoms with Crippen LogP contribution in [0.5, 0.6) is 5.75 Å². The largest absolute Gasteiger partial charge is 0.489 e. The Hall–Kier alpha value is -2.45. The maximum Gasteiger partial charge on any atom is 0.305 e. The van der Waals surface area contributed by atoms with Gasteiger partial charge in [-0.15, -0.1) is 0 Å². The Morgan fingerprint density at radius 3 is 2.50 bits per heavy atom. The topological polar surface area (TPSA) is 83.1 Å². The monoisotopic (exact) mass is 414 g/mol. The van der Waals surface area contributed by atoms with Crippen LogP contribution in [0, 0.1) is 0 Å². The highest BCUT2D eigenvalue weighted by molar-refractivity contribution is 5.67. The molecule has 0 amide bonds. The summed E-state index contributed by atoms with van der Waals surface area (Å²) in [7, 11) is 6.14. The Kier molecular flexibility index (Phi) is 7.44. The van der Waals surface area contributed by atoms with E-state index >= 15 is 0 Å². The molecule has 7 heteroatoms. The lowest BCUT2D eigenvalue weighted by atomic mass is 10.2. The van der Waals surface area contributed by atoms with Crippen molar-refractivity contribution >= 4 is 5.97 Å². The van der Waals surface area contributed by atoms with Gasteiger partial charge >= 0.3 is 5.97 Å². The van der Waals surface area contributed by atoms with E-state index in [1.165, 1.54) is 0 Å². The van der Waals surface area contributed by atoms with Gasteiger partial charge in [-0.25, -0.2) is 0 Å².